The molecule has 0 spiro atoms. The number of nitrogens with one attached hydrogen (secondary N) is 2. The van der Waals surface area contributed by atoms with Crippen LogP contribution in [0.1, 0.15) is 32.4 Å². The van der Waals surface area contributed by atoms with Crippen LogP contribution in [0.3, 0.4) is 0 Å². The maximum atomic E-state index is 12.0. The first-order chi connectivity index (χ1) is 11.4. The highest BCUT2D eigenvalue weighted by atomic mass is 16.5. The smallest absolute Gasteiger partial charge is 0.315 e. The number of hydrogen-bond acceptors (Lipinski definition) is 3. The maximum absolute atomic E-state index is 12.0. The predicted molar refractivity (Wildman–Crippen MR) is 95.7 cm³/mol. The summed E-state index contributed by atoms with van der Waals surface area (Å²) in [4.78, 5) is 16.1. The number of rotatable bonds is 6. The van der Waals surface area contributed by atoms with Gasteiger partial charge in [0.2, 0.25) is 0 Å². The molecule has 0 aliphatic rings. The highest BCUT2D eigenvalue weighted by molar-refractivity contribution is 5.74. The Morgan fingerprint density at radius 1 is 1.21 bits per heavy atom. The third-order valence-corrected chi connectivity index (χ3v) is 3.98. The zero-order valence-corrected chi connectivity index (χ0v) is 14.7. The molecule has 2 amide bonds. The van der Waals surface area contributed by atoms with Gasteiger partial charge in [-0.1, -0.05) is 30.3 Å². The van der Waals surface area contributed by atoms with Crippen molar-refractivity contribution in [3.63, 3.8) is 0 Å². The molecule has 24 heavy (non-hydrogen) atoms. The van der Waals surface area contributed by atoms with E-state index in [0.29, 0.717) is 6.54 Å². The van der Waals surface area contributed by atoms with E-state index in [4.69, 9.17) is 4.74 Å². The zero-order chi connectivity index (χ0) is 17.6. The normalized spacial score (nSPS) is 12.5. The molecule has 2 N–H and O–H groups in total. The number of aromatic nitrogens is 1. The van der Waals surface area contributed by atoms with E-state index in [9.17, 15) is 4.79 Å². The number of carbonyl (C=O) groups excluding carboxylic acids is 1. The molecule has 0 fully saturated rings. The van der Waals surface area contributed by atoms with Gasteiger partial charge in [-0.25, -0.2) is 4.79 Å². The Bertz CT molecular complexity index is 654. The highest BCUT2D eigenvalue weighted by Gasteiger charge is 2.18. The number of carbonyl (C=O) groups is 1. The van der Waals surface area contributed by atoms with Crippen molar-refractivity contribution >= 4 is 6.03 Å². The van der Waals surface area contributed by atoms with Crippen LogP contribution in [0.4, 0.5) is 4.79 Å². The minimum Gasteiger partial charge on any atom is -0.377 e. The van der Waals surface area contributed by atoms with Crippen molar-refractivity contribution in [1.29, 1.82) is 0 Å². The molecule has 1 aromatic heterocycles. The first-order valence-electron chi connectivity index (χ1n) is 8.01. The average Bonchev–Trinajstić information content (AvgIpc) is 2.61. The second-order valence-electron chi connectivity index (χ2n) is 6.38. The van der Waals surface area contributed by atoms with Crippen LogP contribution in [0.25, 0.3) is 11.1 Å². The molecule has 5 heteroatoms. The summed E-state index contributed by atoms with van der Waals surface area (Å²) < 4.78 is 5.29. The Labute approximate surface area is 143 Å². The van der Waals surface area contributed by atoms with Crippen LogP contribution in [0.15, 0.2) is 48.8 Å². The van der Waals surface area contributed by atoms with Gasteiger partial charge in [-0.15, -0.1) is 0 Å². The summed E-state index contributed by atoms with van der Waals surface area (Å²) in [6, 6.07) is 11.8. The summed E-state index contributed by atoms with van der Waals surface area (Å²) in [6.07, 6.45) is 3.59. The lowest BCUT2D eigenvalue weighted by molar-refractivity contribution is 0.0253. The van der Waals surface area contributed by atoms with Gasteiger partial charge in [-0.2, -0.15) is 0 Å². The van der Waals surface area contributed by atoms with Gasteiger partial charge in [0.25, 0.3) is 0 Å². The molecule has 2 aromatic rings. The quantitative estimate of drug-likeness (QED) is 0.853. The molecule has 0 aliphatic carbocycles. The number of hydrogen-bond donors (Lipinski definition) is 2. The number of nitrogens with zero attached hydrogens (tertiary/aromatic N) is 1. The van der Waals surface area contributed by atoms with Gasteiger partial charge in [0.15, 0.2) is 0 Å². The van der Waals surface area contributed by atoms with Gasteiger partial charge < -0.3 is 15.4 Å². The van der Waals surface area contributed by atoms with Crippen molar-refractivity contribution in [2.24, 2.45) is 0 Å². The monoisotopic (exact) mass is 327 g/mol. The number of methoxy groups -OCH3 is 1. The van der Waals surface area contributed by atoms with E-state index in [1.165, 1.54) is 0 Å². The minimum atomic E-state index is -0.383. The van der Waals surface area contributed by atoms with Gasteiger partial charge >= 0.3 is 6.03 Å². The van der Waals surface area contributed by atoms with Gasteiger partial charge in [-0.05, 0) is 43.5 Å². The van der Waals surface area contributed by atoms with Crippen molar-refractivity contribution in [3.05, 3.63) is 54.4 Å². The highest BCUT2D eigenvalue weighted by Crippen LogP contribution is 2.21. The van der Waals surface area contributed by atoms with Crippen LogP contribution >= 0.6 is 0 Å². The number of ether oxygens (including phenoxy) is 1. The lowest BCUT2D eigenvalue weighted by atomic mass is 10.0. The fourth-order valence-electron chi connectivity index (χ4n) is 2.19. The standard InChI is InChI=1S/C19H25N3O2/c1-14(22-18(23)21-13-19(2,3)24-4)15-7-9-16(10-8-15)17-6-5-11-20-12-17/h5-12,14H,13H2,1-4H3,(H2,21,22,23). The summed E-state index contributed by atoms with van der Waals surface area (Å²) in [5.74, 6) is 0. The third kappa shape index (κ3) is 5.06. The second kappa shape index (κ2) is 7.93. The molecular formula is C19H25N3O2. The molecule has 2 rings (SSSR count). The molecule has 1 aromatic carbocycles. The van der Waals surface area contributed by atoms with Crippen molar-refractivity contribution in [2.75, 3.05) is 13.7 Å². The molecule has 1 atom stereocenters. The summed E-state index contributed by atoms with van der Waals surface area (Å²) in [5, 5.41) is 5.76. The first kappa shape index (κ1) is 17.9. The fraction of sp³-hybridized carbons (Fsp3) is 0.368. The molecule has 0 bridgehead atoms. The van der Waals surface area contributed by atoms with Crippen LogP contribution in [-0.2, 0) is 4.74 Å². The molecule has 0 aliphatic heterocycles. The Hall–Kier alpha value is -2.40. The summed E-state index contributed by atoms with van der Waals surface area (Å²) >= 11 is 0. The summed E-state index contributed by atoms with van der Waals surface area (Å²) in [5.41, 5.74) is 2.84. The fourth-order valence-corrected chi connectivity index (χ4v) is 2.19. The van der Waals surface area contributed by atoms with Crippen LogP contribution in [0.5, 0.6) is 0 Å². The van der Waals surface area contributed by atoms with E-state index in [1.807, 2.05) is 63.4 Å². The number of urea groups is 1. The SMILES string of the molecule is COC(C)(C)CNC(=O)NC(C)c1ccc(-c2cccnc2)cc1. The molecule has 1 heterocycles. The maximum Gasteiger partial charge on any atom is 0.315 e. The van der Waals surface area contributed by atoms with Crippen LogP contribution < -0.4 is 10.6 Å². The molecular weight excluding hydrogens is 302 g/mol. The minimum absolute atomic E-state index is 0.0846. The second-order valence-corrected chi connectivity index (χ2v) is 6.38. The summed E-state index contributed by atoms with van der Waals surface area (Å²) in [6.45, 7) is 6.25. The number of benzene rings is 1. The number of amides is 2. The molecule has 0 saturated carbocycles. The molecule has 0 radical (unpaired) electrons. The summed E-state index contributed by atoms with van der Waals surface area (Å²) in [7, 11) is 1.63. The largest absolute Gasteiger partial charge is 0.377 e. The van der Waals surface area contributed by atoms with E-state index < -0.39 is 0 Å². The Morgan fingerprint density at radius 3 is 2.50 bits per heavy atom. The Kier molecular flexibility index (Phi) is 5.93. The zero-order valence-electron chi connectivity index (χ0n) is 14.7. The van der Waals surface area contributed by atoms with E-state index in [-0.39, 0.29) is 17.7 Å². The number of pyridine rings is 1. The van der Waals surface area contributed by atoms with E-state index >= 15 is 0 Å². The van der Waals surface area contributed by atoms with Crippen molar-refractivity contribution in [3.8, 4) is 11.1 Å². The van der Waals surface area contributed by atoms with Crippen molar-refractivity contribution in [2.45, 2.75) is 32.4 Å². The lowest BCUT2D eigenvalue weighted by Gasteiger charge is -2.24. The Balaban J connectivity index is 1.93. The Morgan fingerprint density at radius 2 is 1.92 bits per heavy atom. The molecule has 5 nitrogen and oxygen atoms in total. The van der Waals surface area contributed by atoms with Crippen LogP contribution in [0.2, 0.25) is 0 Å². The third-order valence-electron chi connectivity index (χ3n) is 3.98. The van der Waals surface area contributed by atoms with E-state index in [1.54, 1.807) is 13.3 Å². The van der Waals surface area contributed by atoms with Gasteiger partial charge in [0.1, 0.15) is 0 Å². The van der Waals surface area contributed by atoms with E-state index in [2.05, 4.69) is 15.6 Å². The van der Waals surface area contributed by atoms with Crippen molar-refractivity contribution in [1.82, 2.24) is 15.6 Å². The lowest BCUT2D eigenvalue weighted by Crippen LogP contribution is -2.44. The topological polar surface area (TPSA) is 63.2 Å². The van der Waals surface area contributed by atoms with Crippen LogP contribution in [0, 0.1) is 0 Å². The van der Waals surface area contributed by atoms with Crippen LogP contribution in [-0.4, -0.2) is 30.3 Å². The first-order valence-corrected chi connectivity index (χ1v) is 8.01. The van der Waals surface area contributed by atoms with Gasteiger partial charge in [0, 0.05) is 26.0 Å². The average molecular weight is 327 g/mol. The molecule has 128 valence electrons. The predicted octanol–water partition coefficient (Wildman–Crippen LogP) is 3.53. The molecule has 1 unspecified atom stereocenters. The van der Waals surface area contributed by atoms with Gasteiger partial charge in [0.05, 0.1) is 11.6 Å². The van der Waals surface area contributed by atoms with Gasteiger partial charge in [-0.3, -0.25) is 4.98 Å². The van der Waals surface area contributed by atoms with Crippen molar-refractivity contribution < 1.29 is 9.53 Å². The molecule has 0 saturated heterocycles. The van der Waals surface area contributed by atoms with E-state index in [0.717, 1.165) is 16.7 Å².